The van der Waals surface area contributed by atoms with Gasteiger partial charge < -0.3 is 14.3 Å². The van der Waals surface area contributed by atoms with E-state index in [1.54, 1.807) is 7.11 Å². The third-order valence-corrected chi connectivity index (χ3v) is 4.48. The molecule has 1 aromatic heterocycles. The SMILES string of the molecule is COc1ccc(-c2nnc(CN3CCC(C(C)O)CC3)o2)cc1. The highest BCUT2D eigenvalue weighted by atomic mass is 16.5. The van der Waals surface area contributed by atoms with Crippen molar-refractivity contribution in [2.45, 2.75) is 32.4 Å². The minimum absolute atomic E-state index is 0.220. The van der Waals surface area contributed by atoms with Crippen LogP contribution in [0.5, 0.6) is 5.75 Å². The lowest BCUT2D eigenvalue weighted by Crippen LogP contribution is -2.36. The number of hydrogen-bond acceptors (Lipinski definition) is 6. The van der Waals surface area contributed by atoms with Crippen molar-refractivity contribution in [2.24, 2.45) is 5.92 Å². The van der Waals surface area contributed by atoms with Crippen LogP contribution in [0.25, 0.3) is 11.5 Å². The molecule has 23 heavy (non-hydrogen) atoms. The van der Waals surface area contributed by atoms with E-state index in [2.05, 4.69) is 15.1 Å². The second kappa shape index (κ2) is 7.10. The zero-order chi connectivity index (χ0) is 16.2. The number of hydrogen-bond donors (Lipinski definition) is 1. The second-order valence-electron chi connectivity index (χ2n) is 6.08. The van der Waals surface area contributed by atoms with Crippen LogP contribution in [0.15, 0.2) is 28.7 Å². The molecule has 1 fully saturated rings. The van der Waals surface area contributed by atoms with Crippen LogP contribution in [0.2, 0.25) is 0 Å². The molecule has 124 valence electrons. The quantitative estimate of drug-likeness (QED) is 0.912. The van der Waals surface area contributed by atoms with Gasteiger partial charge in [-0.1, -0.05) is 0 Å². The molecule has 1 N–H and O–H groups in total. The Morgan fingerprint density at radius 2 is 1.96 bits per heavy atom. The van der Waals surface area contributed by atoms with Crippen molar-refractivity contribution < 1.29 is 14.3 Å². The van der Waals surface area contributed by atoms with Gasteiger partial charge in [-0.15, -0.1) is 10.2 Å². The summed E-state index contributed by atoms with van der Waals surface area (Å²) in [5.74, 6) is 2.37. The molecule has 2 aromatic rings. The number of methoxy groups -OCH3 is 1. The Morgan fingerprint density at radius 1 is 1.26 bits per heavy atom. The van der Waals surface area contributed by atoms with Crippen LogP contribution < -0.4 is 4.74 Å². The molecule has 0 spiro atoms. The van der Waals surface area contributed by atoms with Crippen LogP contribution in [-0.4, -0.2) is 46.5 Å². The second-order valence-corrected chi connectivity index (χ2v) is 6.08. The van der Waals surface area contributed by atoms with Crippen LogP contribution in [0.3, 0.4) is 0 Å². The van der Waals surface area contributed by atoms with Crippen LogP contribution in [0, 0.1) is 5.92 Å². The first-order valence-corrected chi connectivity index (χ1v) is 8.03. The molecule has 6 heteroatoms. The number of aliphatic hydroxyl groups excluding tert-OH is 1. The number of ether oxygens (including phenoxy) is 1. The predicted octanol–water partition coefficient (Wildman–Crippen LogP) is 2.34. The number of aliphatic hydroxyl groups is 1. The molecule has 1 aliphatic rings. The first kappa shape index (κ1) is 16.0. The van der Waals surface area contributed by atoms with Crippen molar-refractivity contribution in [3.05, 3.63) is 30.2 Å². The van der Waals surface area contributed by atoms with Crippen molar-refractivity contribution in [3.8, 4) is 17.2 Å². The highest BCUT2D eigenvalue weighted by Crippen LogP contribution is 2.24. The number of nitrogens with zero attached hydrogens (tertiary/aromatic N) is 3. The Hall–Kier alpha value is -1.92. The largest absolute Gasteiger partial charge is 0.497 e. The maximum atomic E-state index is 9.65. The monoisotopic (exact) mass is 317 g/mol. The number of likely N-dealkylation sites (tertiary alicyclic amines) is 1. The van der Waals surface area contributed by atoms with Gasteiger partial charge in [-0.05, 0) is 63.0 Å². The Morgan fingerprint density at radius 3 is 2.57 bits per heavy atom. The summed E-state index contributed by atoms with van der Waals surface area (Å²) >= 11 is 0. The first-order chi connectivity index (χ1) is 11.2. The number of aromatic nitrogens is 2. The Kier molecular flexibility index (Phi) is 4.93. The van der Waals surface area contributed by atoms with Gasteiger partial charge >= 0.3 is 0 Å². The molecular weight excluding hydrogens is 294 g/mol. The fraction of sp³-hybridized carbons (Fsp3) is 0.529. The molecule has 0 radical (unpaired) electrons. The van der Waals surface area contributed by atoms with E-state index >= 15 is 0 Å². The molecule has 1 aromatic carbocycles. The topological polar surface area (TPSA) is 71.6 Å². The van der Waals surface area contributed by atoms with Crippen LogP contribution in [-0.2, 0) is 6.54 Å². The van der Waals surface area contributed by atoms with Gasteiger partial charge in [-0.2, -0.15) is 0 Å². The fourth-order valence-corrected chi connectivity index (χ4v) is 2.95. The van der Waals surface area contributed by atoms with E-state index in [4.69, 9.17) is 9.15 Å². The lowest BCUT2D eigenvalue weighted by molar-refractivity contribution is 0.0668. The van der Waals surface area contributed by atoms with Gasteiger partial charge in [0.15, 0.2) is 0 Å². The summed E-state index contributed by atoms with van der Waals surface area (Å²) in [7, 11) is 1.64. The van der Waals surface area contributed by atoms with Gasteiger partial charge in [-0.25, -0.2) is 0 Å². The summed E-state index contributed by atoms with van der Waals surface area (Å²) in [5.41, 5.74) is 0.886. The molecule has 1 aliphatic heterocycles. The van der Waals surface area contributed by atoms with Gasteiger partial charge in [0.1, 0.15) is 5.75 Å². The zero-order valence-electron chi connectivity index (χ0n) is 13.6. The lowest BCUT2D eigenvalue weighted by Gasteiger charge is -2.32. The van der Waals surface area contributed by atoms with Crippen molar-refractivity contribution in [3.63, 3.8) is 0 Å². The first-order valence-electron chi connectivity index (χ1n) is 8.03. The van der Waals surface area contributed by atoms with Crippen LogP contribution >= 0.6 is 0 Å². The Balaban J connectivity index is 1.59. The number of benzene rings is 1. The van der Waals surface area contributed by atoms with E-state index in [1.165, 1.54) is 0 Å². The molecule has 2 heterocycles. The number of rotatable bonds is 5. The van der Waals surface area contributed by atoms with Gasteiger partial charge in [0.2, 0.25) is 11.8 Å². The highest BCUT2D eigenvalue weighted by Gasteiger charge is 2.23. The third-order valence-electron chi connectivity index (χ3n) is 4.48. The van der Waals surface area contributed by atoms with Gasteiger partial charge in [0.25, 0.3) is 0 Å². The average molecular weight is 317 g/mol. The highest BCUT2D eigenvalue weighted by molar-refractivity contribution is 5.53. The van der Waals surface area contributed by atoms with Gasteiger partial charge in [0, 0.05) is 5.56 Å². The summed E-state index contributed by atoms with van der Waals surface area (Å²) < 4.78 is 10.9. The molecule has 0 aliphatic carbocycles. The van der Waals surface area contributed by atoms with Crippen molar-refractivity contribution in [2.75, 3.05) is 20.2 Å². The van der Waals surface area contributed by atoms with E-state index < -0.39 is 0 Å². The van der Waals surface area contributed by atoms with E-state index in [0.717, 1.165) is 37.2 Å². The van der Waals surface area contributed by atoms with Crippen molar-refractivity contribution in [1.82, 2.24) is 15.1 Å². The van der Waals surface area contributed by atoms with Crippen LogP contribution in [0.4, 0.5) is 0 Å². The minimum atomic E-state index is -0.220. The molecule has 1 atom stereocenters. The molecule has 6 nitrogen and oxygen atoms in total. The van der Waals surface area contributed by atoms with Gasteiger partial charge in [-0.3, -0.25) is 4.90 Å². The molecule has 1 saturated heterocycles. The molecule has 0 saturated carbocycles. The summed E-state index contributed by atoms with van der Waals surface area (Å²) in [6, 6.07) is 7.56. The van der Waals surface area contributed by atoms with E-state index in [1.807, 2.05) is 31.2 Å². The summed E-state index contributed by atoms with van der Waals surface area (Å²) in [5, 5.41) is 17.9. The summed E-state index contributed by atoms with van der Waals surface area (Å²) in [6.07, 6.45) is 1.80. The van der Waals surface area contributed by atoms with Crippen LogP contribution in [0.1, 0.15) is 25.7 Å². The van der Waals surface area contributed by atoms with E-state index in [-0.39, 0.29) is 6.10 Å². The standard InChI is InChI=1S/C17H23N3O3/c1-12(21)13-7-9-20(10-8-13)11-16-18-19-17(23-16)14-3-5-15(22-2)6-4-14/h3-6,12-13,21H,7-11H2,1-2H3. The summed E-state index contributed by atoms with van der Waals surface area (Å²) in [4.78, 5) is 2.30. The molecule has 0 amide bonds. The Bertz CT molecular complexity index is 616. The molecule has 0 bridgehead atoms. The summed E-state index contributed by atoms with van der Waals surface area (Å²) in [6.45, 7) is 4.45. The molecular formula is C17H23N3O3. The normalized spacial score (nSPS) is 18.0. The van der Waals surface area contributed by atoms with Crippen molar-refractivity contribution in [1.29, 1.82) is 0 Å². The van der Waals surface area contributed by atoms with E-state index in [0.29, 0.717) is 24.2 Å². The van der Waals surface area contributed by atoms with Crippen molar-refractivity contribution >= 4 is 0 Å². The maximum Gasteiger partial charge on any atom is 0.247 e. The third kappa shape index (κ3) is 3.89. The predicted molar refractivity (Wildman–Crippen MR) is 86.0 cm³/mol. The minimum Gasteiger partial charge on any atom is -0.497 e. The lowest BCUT2D eigenvalue weighted by atomic mass is 9.92. The fourth-order valence-electron chi connectivity index (χ4n) is 2.95. The molecule has 1 unspecified atom stereocenters. The zero-order valence-corrected chi connectivity index (χ0v) is 13.6. The molecule has 3 rings (SSSR count). The number of piperidine rings is 1. The average Bonchev–Trinajstić information content (AvgIpc) is 3.04. The maximum absolute atomic E-state index is 9.65. The van der Waals surface area contributed by atoms with E-state index in [9.17, 15) is 5.11 Å². The Labute approximate surface area is 136 Å². The van der Waals surface area contributed by atoms with Gasteiger partial charge in [0.05, 0.1) is 19.8 Å². The smallest absolute Gasteiger partial charge is 0.247 e.